The van der Waals surface area contributed by atoms with Crippen LogP contribution < -0.4 is 14.4 Å². The monoisotopic (exact) mass is 438 g/mol. The smallest absolute Gasteiger partial charge is 0.248 e. The van der Waals surface area contributed by atoms with E-state index in [1.807, 2.05) is 0 Å². The number of sulfonamides is 1. The highest BCUT2D eigenvalue weighted by molar-refractivity contribution is 7.92. The number of ketones is 1. The first-order chi connectivity index (χ1) is 13.6. The third kappa shape index (κ3) is 5.48. The predicted octanol–water partition coefficient (Wildman–Crippen LogP) is 3.73. The standard InChI is InChI=1S/C20H23ClN2O5S/c1-5-18(20(25)22-15-8-6-7-14(11-15)13(2)24)23(29(4,26)27)16-9-10-19(28-3)17(21)12-16/h6-12,18H,5H2,1-4H3,(H,22,25). The lowest BCUT2D eigenvalue weighted by atomic mass is 10.1. The highest BCUT2D eigenvalue weighted by atomic mass is 35.5. The van der Waals surface area contributed by atoms with Gasteiger partial charge in [0.1, 0.15) is 11.8 Å². The van der Waals surface area contributed by atoms with E-state index in [4.69, 9.17) is 16.3 Å². The number of halogens is 1. The Hall–Kier alpha value is -2.58. The van der Waals surface area contributed by atoms with Gasteiger partial charge in [-0.1, -0.05) is 30.7 Å². The van der Waals surface area contributed by atoms with Crippen LogP contribution in [-0.4, -0.2) is 39.5 Å². The van der Waals surface area contributed by atoms with Crippen molar-refractivity contribution in [2.45, 2.75) is 26.3 Å². The van der Waals surface area contributed by atoms with E-state index in [-0.39, 0.29) is 22.9 Å². The number of hydrogen-bond acceptors (Lipinski definition) is 5. The van der Waals surface area contributed by atoms with Crippen molar-refractivity contribution in [2.75, 3.05) is 23.0 Å². The van der Waals surface area contributed by atoms with E-state index in [1.54, 1.807) is 31.2 Å². The number of nitrogens with one attached hydrogen (secondary N) is 1. The largest absolute Gasteiger partial charge is 0.495 e. The molecule has 1 amide bonds. The number of benzene rings is 2. The fourth-order valence-corrected chi connectivity index (χ4v) is 4.35. The quantitative estimate of drug-likeness (QED) is 0.634. The molecule has 29 heavy (non-hydrogen) atoms. The Morgan fingerprint density at radius 3 is 2.41 bits per heavy atom. The molecule has 2 aromatic rings. The highest BCUT2D eigenvalue weighted by Crippen LogP contribution is 2.32. The molecule has 7 nitrogen and oxygen atoms in total. The lowest BCUT2D eigenvalue weighted by molar-refractivity contribution is -0.117. The zero-order chi connectivity index (χ0) is 21.8. The zero-order valence-corrected chi connectivity index (χ0v) is 18.2. The van der Waals surface area contributed by atoms with Gasteiger partial charge < -0.3 is 10.1 Å². The summed E-state index contributed by atoms with van der Waals surface area (Å²) in [6.45, 7) is 3.13. The summed E-state index contributed by atoms with van der Waals surface area (Å²) in [6, 6.07) is 9.94. The first-order valence-electron chi connectivity index (χ1n) is 8.83. The molecule has 0 fully saturated rings. The number of carbonyl (C=O) groups is 2. The zero-order valence-electron chi connectivity index (χ0n) is 16.6. The van der Waals surface area contributed by atoms with Gasteiger partial charge in [-0.3, -0.25) is 13.9 Å². The van der Waals surface area contributed by atoms with Crippen LogP contribution in [0.3, 0.4) is 0 Å². The second-order valence-corrected chi connectivity index (χ2v) is 8.69. The number of ether oxygens (including phenoxy) is 1. The molecule has 0 aliphatic carbocycles. The number of anilines is 2. The van der Waals surface area contributed by atoms with Crippen LogP contribution in [0.25, 0.3) is 0 Å². The van der Waals surface area contributed by atoms with Crippen molar-refractivity contribution in [3.05, 3.63) is 53.1 Å². The van der Waals surface area contributed by atoms with Gasteiger partial charge in [0.2, 0.25) is 15.9 Å². The molecule has 156 valence electrons. The molecule has 0 saturated heterocycles. The molecule has 1 unspecified atom stereocenters. The van der Waals surface area contributed by atoms with Gasteiger partial charge in [0, 0.05) is 11.3 Å². The maximum Gasteiger partial charge on any atom is 0.248 e. The fourth-order valence-electron chi connectivity index (χ4n) is 2.89. The van der Waals surface area contributed by atoms with Crippen molar-refractivity contribution < 1.29 is 22.7 Å². The van der Waals surface area contributed by atoms with Gasteiger partial charge in [0.05, 0.1) is 24.1 Å². The molecule has 0 radical (unpaired) electrons. The third-order valence-electron chi connectivity index (χ3n) is 4.26. The average molecular weight is 439 g/mol. The average Bonchev–Trinajstić information content (AvgIpc) is 2.65. The number of nitrogens with zero attached hydrogens (tertiary/aromatic N) is 1. The van der Waals surface area contributed by atoms with Crippen molar-refractivity contribution in [1.82, 2.24) is 0 Å². The van der Waals surface area contributed by atoms with Crippen LogP contribution in [0.2, 0.25) is 5.02 Å². The maximum absolute atomic E-state index is 12.9. The Bertz CT molecular complexity index is 1020. The Balaban J connectivity index is 2.41. The molecule has 1 N–H and O–H groups in total. The van der Waals surface area contributed by atoms with E-state index in [9.17, 15) is 18.0 Å². The summed E-state index contributed by atoms with van der Waals surface area (Å²) in [5.74, 6) is -0.272. The normalized spacial score (nSPS) is 12.2. The summed E-state index contributed by atoms with van der Waals surface area (Å²) < 4.78 is 31.2. The van der Waals surface area contributed by atoms with Crippen LogP contribution in [0, 0.1) is 0 Å². The SMILES string of the molecule is CCC(C(=O)Nc1cccc(C(C)=O)c1)N(c1ccc(OC)c(Cl)c1)S(C)(=O)=O. The van der Waals surface area contributed by atoms with Crippen LogP contribution in [0.4, 0.5) is 11.4 Å². The Labute approximate surface area is 175 Å². The molecule has 1 atom stereocenters. The van der Waals surface area contributed by atoms with Crippen molar-refractivity contribution in [3.63, 3.8) is 0 Å². The van der Waals surface area contributed by atoms with Gasteiger partial charge in [-0.05, 0) is 43.7 Å². The first kappa shape index (κ1) is 22.7. The van der Waals surface area contributed by atoms with Crippen LogP contribution in [-0.2, 0) is 14.8 Å². The minimum Gasteiger partial charge on any atom is -0.495 e. The topological polar surface area (TPSA) is 92.8 Å². The third-order valence-corrected chi connectivity index (χ3v) is 5.73. The van der Waals surface area contributed by atoms with Crippen LogP contribution >= 0.6 is 11.6 Å². The van der Waals surface area contributed by atoms with E-state index in [0.717, 1.165) is 10.6 Å². The van der Waals surface area contributed by atoms with E-state index >= 15 is 0 Å². The highest BCUT2D eigenvalue weighted by Gasteiger charge is 2.32. The van der Waals surface area contributed by atoms with Gasteiger partial charge in [-0.2, -0.15) is 0 Å². The minimum atomic E-state index is -3.81. The molecular formula is C20H23ClN2O5S. The first-order valence-corrected chi connectivity index (χ1v) is 11.1. The summed E-state index contributed by atoms with van der Waals surface area (Å²) >= 11 is 6.15. The van der Waals surface area contributed by atoms with E-state index in [2.05, 4.69) is 5.32 Å². The summed E-state index contributed by atoms with van der Waals surface area (Å²) in [5, 5.41) is 2.92. The minimum absolute atomic E-state index is 0.140. The summed E-state index contributed by atoms with van der Waals surface area (Å²) in [5.41, 5.74) is 1.10. The molecule has 2 aromatic carbocycles. The fraction of sp³-hybridized carbons (Fsp3) is 0.300. The van der Waals surface area contributed by atoms with E-state index in [0.29, 0.717) is 17.0 Å². The predicted molar refractivity (Wildman–Crippen MR) is 114 cm³/mol. The number of methoxy groups -OCH3 is 1. The molecule has 0 bridgehead atoms. The molecule has 0 aliphatic rings. The lowest BCUT2D eigenvalue weighted by Crippen LogP contribution is -2.47. The Morgan fingerprint density at radius 2 is 1.90 bits per heavy atom. The number of hydrogen-bond donors (Lipinski definition) is 1. The molecule has 0 heterocycles. The van der Waals surface area contributed by atoms with Gasteiger partial charge >= 0.3 is 0 Å². The van der Waals surface area contributed by atoms with Gasteiger partial charge in [0.15, 0.2) is 5.78 Å². The van der Waals surface area contributed by atoms with Gasteiger partial charge in [-0.25, -0.2) is 8.42 Å². The number of carbonyl (C=O) groups excluding carboxylic acids is 2. The number of Topliss-reactive ketones (excluding diaryl/α,β-unsaturated/α-hetero) is 1. The van der Waals surface area contributed by atoms with Crippen LogP contribution in [0.1, 0.15) is 30.6 Å². The van der Waals surface area contributed by atoms with Crippen molar-refractivity contribution in [3.8, 4) is 5.75 Å². The molecule has 0 aromatic heterocycles. The molecule has 2 rings (SSSR count). The summed E-state index contributed by atoms with van der Waals surface area (Å²) in [4.78, 5) is 24.5. The Kier molecular flexibility index (Phi) is 7.26. The van der Waals surface area contributed by atoms with Crippen molar-refractivity contribution >= 4 is 44.7 Å². The maximum atomic E-state index is 12.9. The van der Waals surface area contributed by atoms with Crippen LogP contribution in [0.15, 0.2) is 42.5 Å². The van der Waals surface area contributed by atoms with Gasteiger partial charge in [-0.15, -0.1) is 0 Å². The lowest BCUT2D eigenvalue weighted by Gasteiger charge is -2.30. The number of amides is 1. The molecular weight excluding hydrogens is 416 g/mol. The van der Waals surface area contributed by atoms with Crippen LogP contribution in [0.5, 0.6) is 5.75 Å². The molecule has 0 saturated carbocycles. The molecule has 0 spiro atoms. The summed E-state index contributed by atoms with van der Waals surface area (Å²) in [7, 11) is -2.35. The Morgan fingerprint density at radius 1 is 1.21 bits per heavy atom. The number of rotatable bonds is 8. The van der Waals surface area contributed by atoms with E-state index in [1.165, 1.54) is 32.2 Å². The van der Waals surface area contributed by atoms with Gasteiger partial charge in [0.25, 0.3) is 0 Å². The van der Waals surface area contributed by atoms with E-state index < -0.39 is 22.0 Å². The van der Waals surface area contributed by atoms with Crippen molar-refractivity contribution in [1.29, 1.82) is 0 Å². The summed E-state index contributed by atoms with van der Waals surface area (Å²) in [6.07, 6.45) is 1.24. The van der Waals surface area contributed by atoms with Crippen molar-refractivity contribution in [2.24, 2.45) is 0 Å². The second-order valence-electron chi connectivity index (χ2n) is 6.43. The molecule has 0 aliphatic heterocycles. The molecule has 9 heteroatoms. The second kappa shape index (κ2) is 9.28.